The highest BCUT2D eigenvalue weighted by molar-refractivity contribution is 5.87. The Morgan fingerprint density at radius 2 is 0.592 bits per heavy atom. The molecule has 6 nitrogen and oxygen atoms in total. The van der Waals surface area contributed by atoms with Crippen LogP contribution in [0, 0.1) is 0 Å². The Balaban J connectivity index is 7.55. The normalized spacial score (nSPS) is 16.5. The maximum Gasteiger partial charge on any atom is 0.460 e. The number of rotatable bonds is 14. The Labute approximate surface area is 249 Å². The third kappa shape index (κ3) is 5.59. The molecule has 0 saturated carbocycles. The lowest BCUT2D eigenvalue weighted by Crippen LogP contribution is -2.80. The summed E-state index contributed by atoms with van der Waals surface area (Å²) in [6, 6.07) is 0. The van der Waals surface area contributed by atoms with E-state index in [1.807, 2.05) is 0 Å². The largest absolute Gasteiger partial charge is 0.460 e. The van der Waals surface area contributed by atoms with Gasteiger partial charge in [0, 0.05) is 5.57 Å². The Morgan fingerprint density at radius 1 is 0.408 bits per heavy atom. The van der Waals surface area contributed by atoms with Crippen molar-refractivity contribution in [3.8, 4) is 0 Å². The minimum Gasteiger partial charge on any atom is -0.400 e. The molecular weight excluding hydrogens is 787 g/mol. The molecule has 0 aliphatic rings. The van der Waals surface area contributed by atoms with Crippen LogP contribution in [0.25, 0.3) is 0 Å². The number of hydrogen-bond acceptors (Lipinski definition) is 6. The molecule has 0 radical (unpaired) electrons. The van der Waals surface area contributed by atoms with Crippen molar-refractivity contribution in [3.05, 3.63) is 12.2 Å². The highest BCUT2D eigenvalue weighted by Crippen LogP contribution is 2.68. The minimum absolute atomic E-state index is 0.344. The molecule has 0 aromatic heterocycles. The van der Waals surface area contributed by atoms with Crippen LogP contribution in [-0.4, -0.2) is 109 Å². The first-order valence-corrected chi connectivity index (χ1v) is 10.6. The molecule has 0 saturated heterocycles. The Kier molecular flexibility index (Phi) is 10.8. The van der Waals surface area contributed by atoms with E-state index in [1.54, 1.807) is 0 Å². The number of halogens is 25. The molecule has 0 atom stereocenters. The second-order valence-electron chi connectivity index (χ2n) is 9.27. The zero-order chi connectivity index (χ0) is 40.9. The summed E-state index contributed by atoms with van der Waals surface area (Å²) in [7, 11) is 0. The Bertz CT molecular complexity index is 1280. The van der Waals surface area contributed by atoms with E-state index in [9.17, 15) is 115 Å². The summed E-state index contributed by atoms with van der Waals surface area (Å²) in [5, 5.41) is 35.9. The van der Waals surface area contributed by atoms with Crippen LogP contribution in [0.5, 0.6) is 0 Å². The van der Waals surface area contributed by atoms with E-state index in [1.165, 1.54) is 0 Å². The number of hydrogen-bond donors (Lipinski definition) is 4. The van der Waals surface area contributed by atoms with Gasteiger partial charge in [0.15, 0.2) is 0 Å². The summed E-state index contributed by atoms with van der Waals surface area (Å²) in [6.07, 6.45) is -8.28. The lowest BCUT2D eigenvalue weighted by Gasteiger charge is -2.47. The van der Waals surface area contributed by atoms with Crippen LogP contribution in [-0.2, 0) is 9.53 Å². The first kappa shape index (κ1) is 46.3. The van der Waals surface area contributed by atoms with Gasteiger partial charge in [0.2, 0.25) is 0 Å². The molecule has 49 heavy (non-hydrogen) atoms. The van der Waals surface area contributed by atoms with Crippen LogP contribution in [0.3, 0.4) is 0 Å². The van der Waals surface area contributed by atoms with Gasteiger partial charge in [0.1, 0.15) is 0 Å². The van der Waals surface area contributed by atoms with E-state index in [2.05, 4.69) is 11.3 Å². The van der Waals surface area contributed by atoms with E-state index in [4.69, 9.17) is 20.4 Å². The fourth-order valence-corrected chi connectivity index (χ4v) is 2.66. The quantitative estimate of drug-likeness (QED) is 0.0748. The molecule has 31 heteroatoms. The first-order valence-electron chi connectivity index (χ1n) is 10.6. The van der Waals surface area contributed by atoms with Crippen LogP contribution in [0.2, 0.25) is 0 Å². The van der Waals surface area contributed by atoms with E-state index >= 15 is 0 Å². The van der Waals surface area contributed by atoms with E-state index in [0.29, 0.717) is 6.92 Å². The molecule has 0 bridgehead atoms. The van der Waals surface area contributed by atoms with E-state index in [0.717, 1.165) is 0 Å². The smallest absolute Gasteiger partial charge is 0.400 e. The van der Waals surface area contributed by atoms with Gasteiger partial charge >= 0.3 is 89.1 Å². The van der Waals surface area contributed by atoms with E-state index < -0.39 is 94.6 Å². The molecule has 0 aliphatic heterocycles. The average Bonchev–Trinajstić information content (AvgIpc) is 2.86. The topological polar surface area (TPSA) is 107 Å². The predicted molar refractivity (Wildman–Crippen MR) is 95.7 cm³/mol. The molecule has 0 heterocycles. The van der Waals surface area contributed by atoms with Gasteiger partial charge in [-0.15, -0.1) is 0 Å². The third-order valence-electron chi connectivity index (χ3n) is 5.77. The summed E-state index contributed by atoms with van der Waals surface area (Å²) < 4.78 is 340. The monoisotopic (exact) mass is 796 g/mol. The molecule has 0 aromatic carbocycles. The molecular formula is C18H9F25O6. The fourth-order valence-electron chi connectivity index (χ4n) is 2.66. The van der Waals surface area contributed by atoms with Gasteiger partial charge in [-0.25, -0.2) is 4.79 Å². The van der Waals surface area contributed by atoms with Gasteiger partial charge in [0.25, 0.3) is 0 Å². The predicted octanol–water partition coefficient (Wildman–Crippen LogP) is 5.98. The van der Waals surface area contributed by atoms with E-state index in [-0.39, 0.29) is 0 Å². The molecule has 0 amide bonds. The van der Waals surface area contributed by atoms with Crippen LogP contribution < -0.4 is 0 Å². The van der Waals surface area contributed by atoms with Crippen LogP contribution in [0.1, 0.15) is 6.92 Å². The minimum atomic E-state index is -9.88. The van der Waals surface area contributed by atoms with Crippen LogP contribution >= 0.6 is 0 Å². The highest BCUT2D eigenvalue weighted by Gasteiger charge is 3.00. The zero-order valence-electron chi connectivity index (χ0n) is 21.8. The van der Waals surface area contributed by atoms with Crippen molar-refractivity contribution in [2.24, 2.45) is 0 Å². The van der Waals surface area contributed by atoms with Crippen molar-refractivity contribution in [2.45, 2.75) is 90.0 Å². The second kappa shape index (κ2) is 11.4. The molecule has 0 fully saturated rings. The van der Waals surface area contributed by atoms with Gasteiger partial charge in [-0.2, -0.15) is 110 Å². The molecule has 0 rings (SSSR count). The second-order valence-corrected chi connectivity index (χ2v) is 9.27. The molecule has 292 valence electrons. The van der Waals surface area contributed by atoms with Crippen molar-refractivity contribution in [2.75, 3.05) is 0 Å². The maximum atomic E-state index is 14.1. The van der Waals surface area contributed by atoms with Crippen molar-refractivity contribution in [1.29, 1.82) is 0 Å². The van der Waals surface area contributed by atoms with Crippen molar-refractivity contribution in [1.82, 2.24) is 0 Å². The lowest BCUT2D eigenvalue weighted by molar-refractivity contribution is -0.526. The summed E-state index contributed by atoms with van der Waals surface area (Å²) in [6.45, 7) is 2.83. The number of carbonyl (C=O) groups excluding carboxylic acids is 1. The van der Waals surface area contributed by atoms with Crippen LogP contribution in [0.15, 0.2) is 12.2 Å². The summed E-state index contributed by atoms with van der Waals surface area (Å²) >= 11 is 0. The lowest BCUT2D eigenvalue weighted by atomic mass is 9.83. The molecule has 0 aliphatic carbocycles. The van der Waals surface area contributed by atoms with Gasteiger partial charge < -0.3 is 25.2 Å². The highest BCUT2D eigenvalue weighted by atomic mass is 19.4. The standard InChI is InChI=1S/C18H9F25O6/c1-3(2)4(44)49-18(47,48)16(45,46)14(37,38)12(33,34)10(29,30)8(25,26)6(21,22)5(19,20)7(23,24)9(27,28)11(31,32)13(35,36)15(39,40)17(41,42)43/h45-48H,1H2,2H3. The number of alkyl halides is 25. The van der Waals surface area contributed by atoms with Gasteiger partial charge in [-0.05, 0) is 6.92 Å². The molecule has 0 aromatic rings. The maximum absolute atomic E-state index is 14.1. The number of ether oxygens (including phenoxy) is 1. The fraction of sp³-hybridized carbons (Fsp3) is 0.833. The number of esters is 1. The molecule has 0 unspecified atom stereocenters. The average molecular weight is 796 g/mol. The number of aliphatic hydroxyl groups is 4. The SMILES string of the molecule is C=C(C)C(=O)OC(O)(O)C(O)(O)C(F)(F)C(F)(F)C(F)(F)C(F)(F)C(F)(F)C(F)(F)C(F)(F)C(F)(F)C(F)(F)C(F)(F)C(F)(F)C(F)(F)F. The van der Waals surface area contributed by atoms with Crippen LogP contribution in [0.4, 0.5) is 110 Å². The first-order chi connectivity index (χ1) is 20.6. The molecule has 0 spiro atoms. The third-order valence-corrected chi connectivity index (χ3v) is 5.77. The Hall–Kier alpha value is -2.70. The molecule has 4 N–H and O–H groups in total. The van der Waals surface area contributed by atoms with Gasteiger partial charge in [-0.1, -0.05) is 6.58 Å². The van der Waals surface area contributed by atoms with Crippen molar-refractivity contribution >= 4 is 5.97 Å². The van der Waals surface area contributed by atoms with Crippen molar-refractivity contribution < 1.29 is 140 Å². The van der Waals surface area contributed by atoms with Crippen molar-refractivity contribution in [3.63, 3.8) is 0 Å². The summed E-state index contributed by atoms with van der Waals surface area (Å²) in [4.78, 5) is 11.1. The summed E-state index contributed by atoms with van der Waals surface area (Å²) in [5.41, 5.74) is -1.32. The van der Waals surface area contributed by atoms with Gasteiger partial charge in [0.05, 0.1) is 0 Å². The Morgan fingerprint density at radius 3 is 0.776 bits per heavy atom. The van der Waals surface area contributed by atoms with Gasteiger partial charge in [-0.3, -0.25) is 0 Å². The zero-order valence-corrected chi connectivity index (χ0v) is 21.8. The number of carbonyl (C=O) groups is 1. The summed E-state index contributed by atoms with van der Waals surface area (Å²) in [5.74, 6) is -120.